The van der Waals surface area contributed by atoms with Gasteiger partial charge in [-0.15, -0.1) is 0 Å². The molecule has 11 heteroatoms. The molecule has 6 N–H and O–H groups in total. The third-order valence-corrected chi connectivity index (χ3v) is 4.58. The lowest BCUT2D eigenvalue weighted by molar-refractivity contribution is -0.137. The van der Waals surface area contributed by atoms with Crippen molar-refractivity contribution in [3.8, 4) is 0 Å². The number of nitrogens with one attached hydrogen (secondary N) is 2. The highest BCUT2D eigenvalue weighted by atomic mass is 32.2. The summed E-state index contributed by atoms with van der Waals surface area (Å²) < 4.78 is 8.88. The van der Waals surface area contributed by atoms with Crippen molar-refractivity contribution in [2.24, 2.45) is 0 Å². The van der Waals surface area contributed by atoms with Crippen LogP contribution in [0.5, 0.6) is 0 Å². The maximum Gasteiger partial charge on any atom is 0.466 e. The van der Waals surface area contributed by atoms with Crippen LogP contribution in [0.15, 0.2) is 0 Å². The summed E-state index contributed by atoms with van der Waals surface area (Å²) in [5.74, 6) is 0.236. The molecule has 2 fully saturated rings. The average molecular weight is 342 g/mol. The molecule has 122 valence electrons. The Morgan fingerprint density at radius 3 is 2.48 bits per heavy atom. The Balaban J connectivity index is 0.000000383. The topological polar surface area (TPSA) is 156 Å². The van der Waals surface area contributed by atoms with E-state index in [-0.39, 0.29) is 24.5 Å². The van der Waals surface area contributed by atoms with Crippen LogP contribution < -0.4 is 10.6 Å². The van der Waals surface area contributed by atoms with Crippen molar-refractivity contribution in [1.29, 1.82) is 0 Å². The predicted octanol–water partition coefficient (Wildman–Crippen LogP) is -0.132. The maximum absolute atomic E-state index is 11.1. The Morgan fingerprint density at radius 1 is 1.29 bits per heavy atom. The first-order chi connectivity index (χ1) is 9.66. The highest BCUT2D eigenvalue weighted by molar-refractivity contribution is 8.00. The van der Waals surface area contributed by atoms with E-state index in [1.54, 1.807) is 0 Å². The van der Waals surface area contributed by atoms with E-state index in [9.17, 15) is 9.59 Å². The van der Waals surface area contributed by atoms with Crippen molar-refractivity contribution in [2.45, 2.75) is 43.0 Å². The molecule has 2 heterocycles. The molecule has 2 amide bonds. The first kappa shape index (κ1) is 18.2. The van der Waals surface area contributed by atoms with Gasteiger partial charge in [-0.3, -0.25) is 4.79 Å². The second-order valence-corrected chi connectivity index (χ2v) is 7.07. The Hall–Kier alpha value is -0.800. The van der Waals surface area contributed by atoms with Crippen molar-refractivity contribution in [2.75, 3.05) is 5.75 Å². The quantitative estimate of drug-likeness (QED) is 0.229. The summed E-state index contributed by atoms with van der Waals surface area (Å²) in [4.78, 5) is 43.0. The number of carboxylic acid groups (broad SMARTS) is 1. The van der Waals surface area contributed by atoms with Crippen LogP contribution in [0.3, 0.4) is 0 Å². The molecular formula is C10H19N2O7PS. The lowest BCUT2D eigenvalue weighted by Gasteiger charge is -2.16. The minimum Gasteiger partial charge on any atom is -0.481 e. The first-order valence-corrected chi connectivity index (χ1v) is 8.97. The predicted molar refractivity (Wildman–Crippen MR) is 75.9 cm³/mol. The van der Waals surface area contributed by atoms with Gasteiger partial charge in [-0.25, -0.2) is 9.36 Å². The molecule has 9 nitrogen and oxygen atoms in total. The van der Waals surface area contributed by atoms with Gasteiger partial charge in [0.15, 0.2) is 0 Å². The van der Waals surface area contributed by atoms with Crippen LogP contribution in [-0.4, -0.2) is 54.9 Å². The van der Waals surface area contributed by atoms with Crippen LogP contribution in [0.1, 0.15) is 25.7 Å². The van der Waals surface area contributed by atoms with E-state index in [2.05, 4.69) is 10.6 Å². The Morgan fingerprint density at radius 2 is 1.90 bits per heavy atom. The van der Waals surface area contributed by atoms with Gasteiger partial charge in [-0.1, -0.05) is 6.42 Å². The molecule has 0 aromatic rings. The molecule has 0 aliphatic carbocycles. The number of carbonyl (C=O) groups excluding carboxylic acids is 1. The molecule has 0 bridgehead atoms. The molecule has 0 saturated carbocycles. The molecule has 3 atom stereocenters. The molecule has 0 radical (unpaired) electrons. The number of thioether (sulfide) groups is 1. The zero-order valence-corrected chi connectivity index (χ0v) is 12.8. The van der Waals surface area contributed by atoms with Gasteiger partial charge in [-0.05, 0) is 12.8 Å². The molecule has 0 aromatic carbocycles. The van der Waals surface area contributed by atoms with Crippen molar-refractivity contribution in [3.05, 3.63) is 0 Å². The van der Waals surface area contributed by atoms with Crippen LogP contribution in [0.25, 0.3) is 0 Å². The Labute approximate surface area is 125 Å². The summed E-state index contributed by atoms with van der Waals surface area (Å²) in [6.45, 7) is 0. The number of hydrogen-bond donors (Lipinski definition) is 6. The van der Waals surface area contributed by atoms with Crippen LogP contribution in [-0.2, 0) is 9.36 Å². The molecule has 21 heavy (non-hydrogen) atoms. The van der Waals surface area contributed by atoms with Crippen molar-refractivity contribution in [1.82, 2.24) is 10.6 Å². The summed E-state index contributed by atoms with van der Waals surface area (Å²) in [7, 11) is -4.64. The molecule has 0 spiro atoms. The summed E-state index contributed by atoms with van der Waals surface area (Å²) >= 11 is 1.87. The number of hydrogen-bond acceptors (Lipinski definition) is 4. The van der Waals surface area contributed by atoms with E-state index >= 15 is 0 Å². The van der Waals surface area contributed by atoms with Gasteiger partial charge in [0.1, 0.15) is 0 Å². The van der Waals surface area contributed by atoms with E-state index in [0.717, 1.165) is 25.0 Å². The van der Waals surface area contributed by atoms with E-state index in [4.69, 9.17) is 24.4 Å². The van der Waals surface area contributed by atoms with Gasteiger partial charge >= 0.3 is 19.8 Å². The number of unbranched alkanes of at least 4 members (excludes halogenated alkanes) is 1. The SMILES string of the molecule is O=C(O)CCCC[C@@H]1SC[C@@H]2NC(=O)N[C@@H]21.O=P(O)(O)O. The lowest BCUT2D eigenvalue weighted by atomic mass is 10.0. The van der Waals surface area contributed by atoms with Gasteiger partial charge in [0.2, 0.25) is 0 Å². The number of carboxylic acids is 1. The van der Waals surface area contributed by atoms with E-state index in [1.165, 1.54) is 0 Å². The zero-order chi connectivity index (χ0) is 16.0. The van der Waals surface area contributed by atoms with Gasteiger partial charge in [-0.2, -0.15) is 11.8 Å². The largest absolute Gasteiger partial charge is 0.481 e. The van der Waals surface area contributed by atoms with E-state index < -0.39 is 13.8 Å². The van der Waals surface area contributed by atoms with Crippen molar-refractivity contribution < 1.29 is 33.9 Å². The van der Waals surface area contributed by atoms with Crippen LogP contribution in [0.4, 0.5) is 4.79 Å². The van der Waals surface area contributed by atoms with Crippen LogP contribution in [0.2, 0.25) is 0 Å². The minimum absolute atomic E-state index is 0.0640. The molecule has 0 aromatic heterocycles. The molecule has 2 aliphatic rings. The lowest BCUT2D eigenvalue weighted by Crippen LogP contribution is -2.36. The van der Waals surface area contributed by atoms with E-state index in [1.807, 2.05) is 11.8 Å². The maximum atomic E-state index is 11.1. The van der Waals surface area contributed by atoms with Gasteiger partial charge in [0.05, 0.1) is 12.1 Å². The fourth-order valence-corrected chi connectivity index (χ4v) is 3.81. The zero-order valence-electron chi connectivity index (χ0n) is 11.1. The summed E-state index contributed by atoms with van der Waals surface area (Å²) in [6, 6.07) is 0.440. The minimum atomic E-state index is -4.64. The highest BCUT2D eigenvalue weighted by Gasteiger charge is 2.42. The normalized spacial score (nSPS) is 27.2. The fourth-order valence-electron chi connectivity index (χ4n) is 2.26. The third-order valence-electron chi connectivity index (χ3n) is 3.07. The van der Waals surface area contributed by atoms with E-state index in [0.29, 0.717) is 5.25 Å². The number of fused-ring (bicyclic) bond motifs is 1. The van der Waals surface area contributed by atoms with Crippen LogP contribution >= 0.6 is 19.6 Å². The van der Waals surface area contributed by atoms with Crippen molar-refractivity contribution >= 4 is 31.6 Å². The second kappa shape index (κ2) is 8.00. The fraction of sp³-hybridized carbons (Fsp3) is 0.800. The van der Waals surface area contributed by atoms with Crippen molar-refractivity contribution in [3.63, 3.8) is 0 Å². The standard InChI is InChI=1S/C10H16N2O3S.H3O4P/c13-8(14)4-2-1-3-7-9-6(5-16-7)11-10(15)12-9;1-5(2,3)4/h6-7,9H,1-5H2,(H,13,14)(H2,11,12,15);(H3,1,2,3,4)/t6-,7-,9-;/m0./s1. The number of rotatable bonds is 5. The third kappa shape index (κ3) is 7.68. The molecular weight excluding hydrogens is 323 g/mol. The Kier molecular flexibility index (Phi) is 6.95. The molecule has 0 unspecified atom stereocenters. The van der Waals surface area contributed by atoms with Crippen LogP contribution in [0, 0.1) is 0 Å². The number of phosphoric acid groups is 1. The first-order valence-electron chi connectivity index (χ1n) is 6.35. The number of urea groups is 1. The summed E-state index contributed by atoms with van der Waals surface area (Å²) in [5, 5.41) is 14.8. The smallest absolute Gasteiger partial charge is 0.466 e. The van der Waals surface area contributed by atoms with Gasteiger partial charge < -0.3 is 30.4 Å². The highest BCUT2D eigenvalue weighted by Crippen LogP contribution is 2.33. The van der Waals surface area contributed by atoms with Gasteiger partial charge in [0, 0.05) is 17.4 Å². The average Bonchev–Trinajstić information content (AvgIpc) is 2.82. The van der Waals surface area contributed by atoms with Gasteiger partial charge in [0.25, 0.3) is 0 Å². The monoisotopic (exact) mass is 342 g/mol. The Bertz CT molecular complexity index is 421. The number of carbonyl (C=O) groups is 2. The summed E-state index contributed by atoms with van der Waals surface area (Å²) in [5.41, 5.74) is 0. The molecule has 2 rings (SSSR count). The number of amides is 2. The molecule has 2 aliphatic heterocycles. The summed E-state index contributed by atoms with van der Waals surface area (Å²) in [6.07, 6.45) is 2.88. The second-order valence-electron chi connectivity index (χ2n) is 4.77. The molecule has 2 saturated heterocycles. The number of aliphatic carboxylic acids is 1.